The lowest BCUT2D eigenvalue weighted by Crippen LogP contribution is -2.23. The molecule has 0 unspecified atom stereocenters. The molecule has 9 heteroatoms. The number of β-amino-alcohol motifs (C(OH)–C–C–N with tert-alkyl or cyclic N) is 1. The molecular weight excluding hydrogens is 457 g/mol. The van der Waals surface area contributed by atoms with Gasteiger partial charge in [0.2, 0.25) is 0 Å². The number of aliphatic hydroxyl groups is 2. The standard InChI is InChI=1S/C26H29F3N4O2/c1-14(17-5-4-8-21(23(17)27)26(28,29)13-34)30-25-20-11-22(33-10-9-16(35)12-33)18-6-3-7-19(18)24(20)31-15(2)32-25/h4-5,8,11,14,16,34-35H,3,6-7,9-10,12-13H2,1-2H3,(H,30,31,32)/t14-,16-/m1/s1. The van der Waals surface area contributed by atoms with Crippen molar-refractivity contribution < 1.29 is 23.4 Å². The van der Waals surface area contributed by atoms with Gasteiger partial charge >= 0.3 is 0 Å². The van der Waals surface area contributed by atoms with Crippen molar-refractivity contribution in [2.45, 2.75) is 57.6 Å². The highest BCUT2D eigenvalue weighted by molar-refractivity contribution is 5.96. The summed E-state index contributed by atoms with van der Waals surface area (Å²) in [4.78, 5) is 11.5. The summed E-state index contributed by atoms with van der Waals surface area (Å²) < 4.78 is 43.2. The molecule has 0 amide bonds. The van der Waals surface area contributed by atoms with Gasteiger partial charge in [-0.2, -0.15) is 8.78 Å². The fourth-order valence-corrected chi connectivity index (χ4v) is 5.35. The summed E-state index contributed by atoms with van der Waals surface area (Å²) in [6.07, 6.45) is 3.23. The van der Waals surface area contributed by atoms with Crippen LogP contribution >= 0.6 is 0 Å². The number of fused-ring (bicyclic) bond motifs is 3. The van der Waals surface area contributed by atoms with E-state index in [9.17, 15) is 13.9 Å². The summed E-state index contributed by atoms with van der Waals surface area (Å²) in [6, 6.07) is 5.18. The van der Waals surface area contributed by atoms with Gasteiger partial charge in [-0.25, -0.2) is 14.4 Å². The van der Waals surface area contributed by atoms with Crippen molar-refractivity contribution in [2.75, 3.05) is 29.9 Å². The minimum atomic E-state index is -3.67. The van der Waals surface area contributed by atoms with Crippen molar-refractivity contribution >= 4 is 22.4 Å². The van der Waals surface area contributed by atoms with Gasteiger partial charge in [0.1, 0.15) is 24.1 Å². The van der Waals surface area contributed by atoms with Crippen molar-refractivity contribution in [1.29, 1.82) is 0 Å². The normalized spacial score (nSPS) is 18.8. The second-order valence-electron chi connectivity index (χ2n) is 9.55. The highest BCUT2D eigenvalue weighted by atomic mass is 19.3. The maximum atomic E-state index is 15.1. The number of aliphatic hydroxyl groups excluding tert-OH is 2. The summed E-state index contributed by atoms with van der Waals surface area (Å²) >= 11 is 0. The van der Waals surface area contributed by atoms with Gasteiger partial charge < -0.3 is 20.4 Å². The van der Waals surface area contributed by atoms with Crippen LogP contribution in [0.5, 0.6) is 0 Å². The van der Waals surface area contributed by atoms with E-state index in [4.69, 9.17) is 10.1 Å². The summed E-state index contributed by atoms with van der Waals surface area (Å²) in [6.45, 7) is 3.35. The van der Waals surface area contributed by atoms with E-state index >= 15 is 4.39 Å². The predicted octanol–water partition coefficient (Wildman–Crippen LogP) is 4.39. The number of nitrogens with one attached hydrogen (secondary N) is 1. The molecule has 2 heterocycles. The molecule has 0 bridgehead atoms. The number of hydrogen-bond donors (Lipinski definition) is 3. The van der Waals surface area contributed by atoms with E-state index in [1.54, 1.807) is 13.8 Å². The number of nitrogens with zero attached hydrogens (tertiary/aromatic N) is 3. The number of anilines is 2. The quantitative estimate of drug-likeness (QED) is 0.480. The van der Waals surface area contributed by atoms with Crippen LogP contribution in [0, 0.1) is 12.7 Å². The first-order valence-corrected chi connectivity index (χ1v) is 12.0. The Morgan fingerprint density at radius 1 is 1.23 bits per heavy atom. The van der Waals surface area contributed by atoms with Crippen LogP contribution in [0.1, 0.15) is 53.9 Å². The second-order valence-corrected chi connectivity index (χ2v) is 9.55. The van der Waals surface area contributed by atoms with Gasteiger partial charge in [-0.15, -0.1) is 0 Å². The second kappa shape index (κ2) is 8.95. The Labute approximate surface area is 201 Å². The fraction of sp³-hybridized carbons (Fsp3) is 0.462. The summed E-state index contributed by atoms with van der Waals surface area (Å²) in [5.74, 6) is -3.65. The van der Waals surface area contributed by atoms with Crippen LogP contribution in [0.4, 0.5) is 24.7 Å². The van der Waals surface area contributed by atoms with Crippen LogP contribution in [0.2, 0.25) is 0 Å². The summed E-state index contributed by atoms with van der Waals surface area (Å²) in [7, 11) is 0. The molecule has 3 aromatic rings. The molecule has 0 spiro atoms. The molecule has 1 fully saturated rings. The molecule has 2 aromatic carbocycles. The molecule has 5 rings (SSSR count). The topological polar surface area (TPSA) is 81.5 Å². The first kappa shape index (κ1) is 23.8. The molecule has 1 saturated heterocycles. The number of aryl methyl sites for hydroxylation is 2. The third kappa shape index (κ3) is 4.21. The van der Waals surface area contributed by atoms with Gasteiger partial charge in [-0.05, 0) is 62.8 Å². The van der Waals surface area contributed by atoms with E-state index in [0.29, 0.717) is 24.6 Å². The molecular formula is C26H29F3N4O2. The third-order valence-corrected chi connectivity index (χ3v) is 7.10. The lowest BCUT2D eigenvalue weighted by Gasteiger charge is -2.24. The Kier molecular flexibility index (Phi) is 6.09. The monoisotopic (exact) mass is 486 g/mol. The van der Waals surface area contributed by atoms with Crippen LogP contribution in [-0.4, -0.2) is 46.0 Å². The molecule has 0 saturated carbocycles. The Hall–Kier alpha value is -2.91. The molecule has 2 aliphatic rings. The summed E-state index contributed by atoms with van der Waals surface area (Å²) in [5, 5.41) is 23.1. The van der Waals surface area contributed by atoms with Crippen molar-refractivity contribution in [1.82, 2.24) is 9.97 Å². The van der Waals surface area contributed by atoms with E-state index in [0.717, 1.165) is 48.5 Å². The summed E-state index contributed by atoms with van der Waals surface area (Å²) in [5.41, 5.74) is 3.58. The molecule has 1 aliphatic carbocycles. The number of benzene rings is 2. The number of alkyl halides is 2. The van der Waals surface area contributed by atoms with Crippen molar-refractivity contribution in [3.63, 3.8) is 0 Å². The number of aromatic nitrogens is 2. The molecule has 0 radical (unpaired) electrons. The van der Waals surface area contributed by atoms with E-state index in [-0.39, 0.29) is 11.7 Å². The average molecular weight is 487 g/mol. The lowest BCUT2D eigenvalue weighted by atomic mass is 9.99. The first-order chi connectivity index (χ1) is 16.7. The van der Waals surface area contributed by atoms with Crippen molar-refractivity contribution in [2.24, 2.45) is 0 Å². The van der Waals surface area contributed by atoms with E-state index in [1.165, 1.54) is 23.3 Å². The minimum absolute atomic E-state index is 0.0593. The Balaban J connectivity index is 1.58. The van der Waals surface area contributed by atoms with Crippen molar-refractivity contribution in [3.8, 4) is 0 Å². The third-order valence-electron chi connectivity index (χ3n) is 7.10. The van der Waals surface area contributed by atoms with Gasteiger partial charge in [0.05, 0.1) is 23.2 Å². The van der Waals surface area contributed by atoms with Crippen LogP contribution in [0.15, 0.2) is 24.3 Å². The Morgan fingerprint density at radius 3 is 2.71 bits per heavy atom. The minimum Gasteiger partial charge on any atom is -0.391 e. The molecule has 2 atom stereocenters. The van der Waals surface area contributed by atoms with Gasteiger partial charge in [0.25, 0.3) is 5.92 Å². The molecule has 186 valence electrons. The van der Waals surface area contributed by atoms with Crippen LogP contribution in [-0.2, 0) is 18.8 Å². The molecule has 6 nitrogen and oxygen atoms in total. The van der Waals surface area contributed by atoms with E-state index < -0.39 is 30.0 Å². The van der Waals surface area contributed by atoms with Crippen LogP contribution < -0.4 is 10.2 Å². The number of halogens is 3. The zero-order valence-electron chi connectivity index (χ0n) is 19.8. The number of hydrogen-bond acceptors (Lipinski definition) is 6. The van der Waals surface area contributed by atoms with Crippen molar-refractivity contribution in [3.05, 3.63) is 58.2 Å². The zero-order chi connectivity index (χ0) is 24.9. The predicted molar refractivity (Wildman–Crippen MR) is 129 cm³/mol. The molecule has 35 heavy (non-hydrogen) atoms. The Morgan fingerprint density at radius 2 is 2.00 bits per heavy atom. The fourth-order valence-electron chi connectivity index (χ4n) is 5.35. The average Bonchev–Trinajstić information content (AvgIpc) is 3.48. The van der Waals surface area contributed by atoms with E-state index in [1.807, 2.05) is 6.07 Å². The molecule has 1 aliphatic heterocycles. The van der Waals surface area contributed by atoms with Crippen LogP contribution in [0.3, 0.4) is 0 Å². The van der Waals surface area contributed by atoms with Gasteiger partial charge in [-0.3, -0.25) is 0 Å². The van der Waals surface area contributed by atoms with E-state index in [2.05, 4.69) is 15.2 Å². The molecule has 3 N–H and O–H groups in total. The lowest BCUT2D eigenvalue weighted by molar-refractivity contribution is -0.0583. The largest absolute Gasteiger partial charge is 0.391 e. The maximum absolute atomic E-state index is 15.1. The SMILES string of the molecule is Cc1nc(N[C@H](C)c2cccc(C(F)(F)CO)c2F)c2cc(N3CC[C@@H](O)C3)c3c(c2n1)CCC3. The maximum Gasteiger partial charge on any atom is 0.298 e. The molecule has 1 aromatic heterocycles. The smallest absolute Gasteiger partial charge is 0.298 e. The highest BCUT2D eigenvalue weighted by Gasteiger charge is 2.35. The zero-order valence-corrected chi connectivity index (χ0v) is 19.8. The van der Waals surface area contributed by atoms with Gasteiger partial charge in [-0.1, -0.05) is 12.1 Å². The highest BCUT2D eigenvalue weighted by Crippen LogP contribution is 2.41. The van der Waals surface area contributed by atoms with Crippen LogP contribution in [0.25, 0.3) is 10.9 Å². The number of rotatable bonds is 6. The van der Waals surface area contributed by atoms with Gasteiger partial charge in [0.15, 0.2) is 0 Å². The first-order valence-electron chi connectivity index (χ1n) is 12.0. The Bertz CT molecular complexity index is 1280. The van der Waals surface area contributed by atoms with Gasteiger partial charge in [0, 0.05) is 29.7 Å².